The van der Waals surface area contributed by atoms with Gasteiger partial charge >= 0.3 is 7.80 Å². The minimum absolute atomic E-state index is 0.501. The first-order valence-electron chi connectivity index (χ1n) is 5.46. The van der Waals surface area contributed by atoms with Crippen LogP contribution in [-0.2, 0) is 11.1 Å². The summed E-state index contributed by atoms with van der Waals surface area (Å²) in [6.07, 6.45) is 0.815. The zero-order valence-electron chi connectivity index (χ0n) is 10.6. The zero-order chi connectivity index (χ0) is 12.8. The molecule has 0 spiro atoms. The summed E-state index contributed by atoms with van der Waals surface area (Å²) in [6.45, 7) is 14.7. The van der Waals surface area contributed by atoms with E-state index < -0.39 is 7.80 Å². The fourth-order valence-corrected chi connectivity index (χ4v) is 0.675. The largest absolute Gasteiger partial charge is 0.335 e. The Morgan fingerprint density at radius 2 is 1.69 bits per heavy atom. The summed E-state index contributed by atoms with van der Waals surface area (Å²) in [5.74, 6) is 0. The molecule has 2 nitrogen and oxygen atoms in total. The first-order valence-corrected chi connectivity index (χ1v) is 7.35. The predicted octanol–water partition coefficient (Wildman–Crippen LogP) is 4.60. The fourth-order valence-electron chi connectivity index (χ4n) is 0.675. The molecule has 0 saturated carbocycles. The molecule has 1 aromatic rings. The van der Waals surface area contributed by atoms with Crippen molar-refractivity contribution < 1.29 is 4.57 Å². The highest BCUT2D eigenvalue weighted by Gasteiger charge is 1.93. The van der Waals surface area contributed by atoms with Crippen LogP contribution < -0.4 is 0 Å². The molecule has 0 aliphatic rings. The van der Waals surface area contributed by atoms with Crippen molar-refractivity contribution in [2.75, 3.05) is 12.8 Å². The van der Waals surface area contributed by atoms with Crippen molar-refractivity contribution >= 4 is 7.80 Å². The van der Waals surface area contributed by atoms with E-state index >= 15 is 0 Å². The third-order valence-corrected chi connectivity index (χ3v) is 2.44. The molecular weight excluding hydrogens is 217 g/mol. The van der Waals surface area contributed by atoms with Gasteiger partial charge in [0.2, 0.25) is 6.54 Å². The Balaban J connectivity index is 0. The molecule has 1 aromatic carbocycles. The number of hydrogen-bond donors (Lipinski definition) is 0. The Morgan fingerprint density at radius 1 is 1.25 bits per heavy atom. The number of benzene rings is 1. The Kier molecular flexibility index (Phi) is 14.9. The lowest BCUT2D eigenvalue weighted by Gasteiger charge is -1.85. The van der Waals surface area contributed by atoms with Crippen molar-refractivity contribution in [3.8, 4) is 0 Å². The number of nitrogens with zero attached hydrogens (tertiary/aromatic N) is 1. The minimum atomic E-state index is -0.848. The maximum absolute atomic E-state index is 9.96. The summed E-state index contributed by atoms with van der Waals surface area (Å²) < 4.78 is 9.96. The molecule has 0 radical (unpaired) electrons. The molecule has 0 N–H and O–H groups in total. The summed E-state index contributed by atoms with van der Waals surface area (Å²) in [5, 5.41) is 0. The molecule has 0 heterocycles. The highest BCUT2D eigenvalue weighted by molar-refractivity contribution is 7.43. The molecule has 88 valence electrons. The Bertz CT molecular complexity index is 303. The monoisotopic (exact) mass is 238 g/mol. The van der Waals surface area contributed by atoms with Crippen LogP contribution in [0.25, 0.3) is 4.85 Å². The quantitative estimate of drug-likeness (QED) is 0.545. The van der Waals surface area contributed by atoms with Crippen LogP contribution in [0.5, 0.6) is 0 Å². The number of hydrogen-bond acceptors (Lipinski definition) is 1. The first kappa shape index (κ1) is 17.2. The average molecular weight is 238 g/mol. The van der Waals surface area contributed by atoms with Crippen molar-refractivity contribution in [3.63, 3.8) is 0 Å². The lowest BCUT2D eigenvalue weighted by atomic mass is 10.2. The van der Waals surface area contributed by atoms with Crippen LogP contribution in [0.15, 0.2) is 30.3 Å². The lowest BCUT2D eigenvalue weighted by molar-refractivity contribution is 0.592. The molecule has 0 fully saturated rings. The lowest BCUT2D eigenvalue weighted by Crippen LogP contribution is -1.74. The van der Waals surface area contributed by atoms with Crippen LogP contribution in [0, 0.1) is 6.57 Å². The Hall–Kier alpha value is -1.19. The maximum Gasteiger partial charge on any atom is 0.335 e. The third kappa shape index (κ3) is 12.8. The smallest absolute Gasteiger partial charge is 0.312 e. The van der Waals surface area contributed by atoms with Gasteiger partial charge in [-0.05, 0) is 6.92 Å². The van der Waals surface area contributed by atoms with Gasteiger partial charge in [0.15, 0.2) is 0 Å². The molecular formula is C13H21NOP+. The van der Waals surface area contributed by atoms with Crippen molar-refractivity contribution in [3.05, 3.63) is 47.3 Å². The average Bonchev–Trinajstić information content (AvgIpc) is 2.34. The molecule has 16 heavy (non-hydrogen) atoms. The topological polar surface area (TPSA) is 21.4 Å². The van der Waals surface area contributed by atoms with Gasteiger partial charge in [0, 0.05) is 5.56 Å². The second kappa shape index (κ2) is 13.8. The SMILES string of the molecule is CC.CC[P+](C)=O.[C-]#[N+]Cc1ccccc1. The summed E-state index contributed by atoms with van der Waals surface area (Å²) in [4.78, 5) is 3.26. The van der Waals surface area contributed by atoms with Crippen LogP contribution in [0.3, 0.4) is 0 Å². The van der Waals surface area contributed by atoms with Crippen LogP contribution >= 0.6 is 7.80 Å². The second-order valence-corrected chi connectivity index (χ2v) is 4.63. The van der Waals surface area contributed by atoms with Gasteiger partial charge in [-0.25, -0.2) is 6.57 Å². The molecule has 1 rings (SSSR count). The van der Waals surface area contributed by atoms with E-state index in [1.54, 1.807) is 6.66 Å². The van der Waals surface area contributed by atoms with Gasteiger partial charge < -0.3 is 4.85 Å². The summed E-state index contributed by atoms with van der Waals surface area (Å²) >= 11 is 0. The van der Waals surface area contributed by atoms with Crippen molar-refractivity contribution in [1.29, 1.82) is 0 Å². The van der Waals surface area contributed by atoms with E-state index in [9.17, 15) is 4.57 Å². The molecule has 0 aromatic heterocycles. The molecule has 3 heteroatoms. The van der Waals surface area contributed by atoms with Gasteiger partial charge in [-0.2, -0.15) is 0 Å². The van der Waals surface area contributed by atoms with Crippen LogP contribution in [-0.4, -0.2) is 12.8 Å². The summed E-state index contributed by atoms with van der Waals surface area (Å²) in [7, 11) is -0.848. The highest BCUT2D eigenvalue weighted by atomic mass is 31.1. The van der Waals surface area contributed by atoms with E-state index in [-0.39, 0.29) is 0 Å². The maximum atomic E-state index is 9.96. The van der Waals surface area contributed by atoms with E-state index in [1.807, 2.05) is 51.1 Å². The second-order valence-electron chi connectivity index (χ2n) is 2.75. The Labute approximate surface area is 100 Å². The molecule has 0 aliphatic heterocycles. The summed E-state index contributed by atoms with van der Waals surface area (Å²) in [6, 6.07) is 9.75. The van der Waals surface area contributed by atoms with Gasteiger partial charge in [0.1, 0.15) is 12.8 Å². The number of rotatable bonds is 2. The third-order valence-electron chi connectivity index (χ3n) is 1.55. The predicted molar refractivity (Wildman–Crippen MR) is 72.2 cm³/mol. The van der Waals surface area contributed by atoms with Crippen LogP contribution in [0.2, 0.25) is 0 Å². The van der Waals surface area contributed by atoms with Gasteiger partial charge in [0.05, 0.1) is 0 Å². The van der Waals surface area contributed by atoms with Gasteiger partial charge in [-0.1, -0.05) is 48.7 Å². The minimum Gasteiger partial charge on any atom is -0.312 e. The van der Waals surface area contributed by atoms with Crippen molar-refractivity contribution in [2.45, 2.75) is 27.3 Å². The first-order chi connectivity index (χ1) is 7.70. The summed E-state index contributed by atoms with van der Waals surface area (Å²) in [5.41, 5.74) is 1.09. The fraction of sp³-hybridized carbons (Fsp3) is 0.462. The molecule has 1 unspecified atom stereocenters. The Morgan fingerprint density at radius 3 is 2.00 bits per heavy atom. The van der Waals surface area contributed by atoms with E-state index in [0.717, 1.165) is 11.7 Å². The van der Waals surface area contributed by atoms with Gasteiger partial charge in [-0.3, -0.25) is 0 Å². The van der Waals surface area contributed by atoms with Crippen molar-refractivity contribution in [1.82, 2.24) is 0 Å². The normalized spacial score (nSPS) is 8.56. The van der Waals surface area contributed by atoms with E-state index in [0.29, 0.717) is 6.54 Å². The molecule has 0 amide bonds. The molecule has 0 saturated heterocycles. The molecule has 0 aliphatic carbocycles. The van der Waals surface area contributed by atoms with Crippen LogP contribution in [0.4, 0.5) is 0 Å². The van der Waals surface area contributed by atoms with E-state index in [4.69, 9.17) is 6.57 Å². The molecule has 0 bridgehead atoms. The van der Waals surface area contributed by atoms with Gasteiger partial charge in [0.25, 0.3) is 0 Å². The van der Waals surface area contributed by atoms with E-state index in [2.05, 4.69) is 4.85 Å². The van der Waals surface area contributed by atoms with Gasteiger partial charge in [-0.15, -0.1) is 0 Å². The highest BCUT2D eigenvalue weighted by Crippen LogP contribution is 2.09. The van der Waals surface area contributed by atoms with Crippen LogP contribution in [0.1, 0.15) is 26.3 Å². The standard InChI is InChI=1S/C8H7N.C3H8OP.C2H6/c1-9-7-8-5-3-2-4-6-8;1-3-5(2)4;1-2/h2-6H,7H2;3H2,1-2H3;1-2H3/q;+1;. The molecule has 1 atom stereocenters. The zero-order valence-corrected chi connectivity index (χ0v) is 11.5. The van der Waals surface area contributed by atoms with Crippen molar-refractivity contribution in [2.24, 2.45) is 0 Å². The van der Waals surface area contributed by atoms with E-state index in [1.165, 1.54) is 0 Å².